The van der Waals surface area contributed by atoms with Crippen LogP contribution in [0.15, 0.2) is 35.5 Å². The molecule has 9 heteroatoms. The van der Waals surface area contributed by atoms with Crippen LogP contribution in [-0.4, -0.2) is 59.3 Å². The van der Waals surface area contributed by atoms with Crippen LogP contribution in [0, 0.1) is 0 Å². The van der Waals surface area contributed by atoms with Crippen molar-refractivity contribution in [3.63, 3.8) is 0 Å². The molecule has 0 bridgehead atoms. The zero-order chi connectivity index (χ0) is 16.9. The Morgan fingerprint density at radius 2 is 2.17 bits per heavy atom. The number of aromatic nitrogens is 4. The third kappa shape index (κ3) is 2.06. The Morgan fingerprint density at radius 3 is 2.83 bits per heavy atom. The lowest BCUT2D eigenvalue weighted by Crippen LogP contribution is -2.44. The molecule has 4 heterocycles. The van der Waals surface area contributed by atoms with Crippen molar-refractivity contribution in [3.05, 3.63) is 31.1 Å². The second kappa shape index (κ2) is 5.35. The van der Waals surface area contributed by atoms with Crippen molar-refractivity contribution in [2.45, 2.75) is 31.0 Å². The number of nitrogens with zero attached hydrogens (tertiary/aromatic N) is 4. The lowest BCUT2D eigenvalue weighted by molar-refractivity contribution is -0.0950. The second-order valence-electron chi connectivity index (χ2n) is 5.90. The summed E-state index contributed by atoms with van der Waals surface area (Å²) in [7, 11) is 0. The Hall–Kier alpha value is -2.33. The summed E-state index contributed by atoms with van der Waals surface area (Å²) in [6, 6.07) is 3.50. The van der Waals surface area contributed by atoms with Crippen molar-refractivity contribution in [1.29, 1.82) is 0 Å². The van der Waals surface area contributed by atoms with Crippen LogP contribution in [0.2, 0.25) is 0 Å². The van der Waals surface area contributed by atoms with E-state index in [1.807, 2.05) is 0 Å². The van der Waals surface area contributed by atoms with Crippen LogP contribution in [0.3, 0.4) is 0 Å². The molecule has 9 nitrogen and oxygen atoms in total. The molecule has 0 radical (unpaired) electrons. The number of fused-ring (bicyclic) bond motifs is 1. The van der Waals surface area contributed by atoms with Gasteiger partial charge in [0.25, 0.3) is 0 Å². The number of imidazole rings is 1. The maximum Gasteiger partial charge on any atom is 0.168 e. The van der Waals surface area contributed by atoms with Gasteiger partial charge in [-0.3, -0.25) is 4.57 Å². The summed E-state index contributed by atoms with van der Waals surface area (Å²) in [5.41, 5.74) is -0.196. The Labute approximate surface area is 136 Å². The number of furan rings is 1. The van der Waals surface area contributed by atoms with E-state index in [4.69, 9.17) is 9.15 Å². The molecule has 0 saturated carbocycles. The van der Waals surface area contributed by atoms with Gasteiger partial charge in [-0.25, -0.2) is 15.0 Å². The molecule has 0 aromatic carbocycles. The molecule has 3 N–H and O–H groups in total. The first-order valence-corrected chi connectivity index (χ1v) is 7.42. The molecule has 3 aromatic rings. The second-order valence-corrected chi connectivity index (χ2v) is 5.90. The third-order valence-electron chi connectivity index (χ3n) is 4.30. The number of rotatable bonds is 3. The molecule has 126 valence electrons. The minimum absolute atomic E-state index is 0.410. The lowest BCUT2D eigenvalue weighted by Gasteiger charge is -2.27. The average Bonchev–Trinajstić information content (AvgIpc) is 3.28. The molecular weight excluding hydrogens is 316 g/mol. The van der Waals surface area contributed by atoms with Gasteiger partial charge in [-0.1, -0.05) is 0 Å². The van der Waals surface area contributed by atoms with Crippen LogP contribution < -0.4 is 0 Å². The molecule has 0 aliphatic carbocycles. The minimum atomic E-state index is -1.61. The van der Waals surface area contributed by atoms with Gasteiger partial charge in [-0.05, 0) is 19.1 Å². The van der Waals surface area contributed by atoms with Crippen molar-refractivity contribution in [3.8, 4) is 11.5 Å². The summed E-state index contributed by atoms with van der Waals surface area (Å²) in [6.07, 6.45) is 1.27. The average molecular weight is 332 g/mol. The van der Waals surface area contributed by atoms with Gasteiger partial charge in [0.05, 0.1) is 19.2 Å². The normalized spacial score (nSPS) is 30.2. The number of hydrogen-bond donors (Lipinski definition) is 3. The molecule has 4 rings (SSSR count). The minimum Gasteiger partial charge on any atom is -0.463 e. The predicted octanol–water partition coefficient (Wildman–Crippen LogP) is 0.0879. The number of ether oxygens (including phenoxy) is 1. The van der Waals surface area contributed by atoms with Crippen LogP contribution >= 0.6 is 0 Å². The standard InChI is InChI=1S/C15H16N4O5/c1-15(22)12(21)9(5-20)24-14(15)19-7-18-11-10(8-3-2-4-23-8)16-6-17-13(11)19/h2-4,6-7,9,12,14,20-22H,5H2,1H3/t9-,12-,14-,15-/m1/s1. The summed E-state index contributed by atoms with van der Waals surface area (Å²) in [6.45, 7) is 1.03. The van der Waals surface area contributed by atoms with E-state index in [1.165, 1.54) is 30.4 Å². The number of aliphatic hydroxyl groups excluding tert-OH is 2. The highest BCUT2D eigenvalue weighted by molar-refractivity contribution is 5.85. The molecule has 0 unspecified atom stereocenters. The molecule has 4 atom stereocenters. The summed E-state index contributed by atoms with van der Waals surface area (Å²) < 4.78 is 12.5. The van der Waals surface area contributed by atoms with Gasteiger partial charge >= 0.3 is 0 Å². The van der Waals surface area contributed by atoms with E-state index in [2.05, 4.69) is 15.0 Å². The fourth-order valence-electron chi connectivity index (χ4n) is 3.01. The van der Waals surface area contributed by atoms with Crippen LogP contribution in [0.25, 0.3) is 22.6 Å². The summed E-state index contributed by atoms with van der Waals surface area (Å²) in [5, 5.41) is 30.1. The van der Waals surface area contributed by atoms with Crippen LogP contribution in [0.1, 0.15) is 13.2 Å². The summed E-state index contributed by atoms with van der Waals surface area (Å²) >= 11 is 0. The van der Waals surface area contributed by atoms with Gasteiger partial charge in [0.15, 0.2) is 17.6 Å². The molecular formula is C15H16N4O5. The first-order valence-electron chi connectivity index (χ1n) is 7.42. The van der Waals surface area contributed by atoms with E-state index < -0.39 is 30.6 Å². The Morgan fingerprint density at radius 1 is 1.33 bits per heavy atom. The Balaban J connectivity index is 1.83. The smallest absolute Gasteiger partial charge is 0.168 e. The van der Waals surface area contributed by atoms with E-state index in [0.29, 0.717) is 22.6 Å². The molecule has 0 spiro atoms. The van der Waals surface area contributed by atoms with E-state index >= 15 is 0 Å². The van der Waals surface area contributed by atoms with Gasteiger partial charge < -0.3 is 24.5 Å². The van der Waals surface area contributed by atoms with Gasteiger partial charge in [-0.15, -0.1) is 0 Å². The van der Waals surface area contributed by atoms with Crippen molar-refractivity contribution in [1.82, 2.24) is 19.5 Å². The van der Waals surface area contributed by atoms with Crippen LogP contribution in [0.4, 0.5) is 0 Å². The topological polar surface area (TPSA) is 127 Å². The van der Waals surface area contributed by atoms with Crippen LogP contribution in [0.5, 0.6) is 0 Å². The maximum absolute atomic E-state index is 10.6. The molecule has 1 aliphatic heterocycles. The molecule has 1 fully saturated rings. The molecule has 24 heavy (non-hydrogen) atoms. The SMILES string of the molecule is C[C@@]1(O)[C@H](O)[C@@H](CO)O[C@H]1n1cnc2c(-c3ccco3)ncnc21. The number of hydrogen-bond acceptors (Lipinski definition) is 8. The van der Waals surface area contributed by atoms with E-state index in [-0.39, 0.29) is 0 Å². The van der Waals surface area contributed by atoms with E-state index in [9.17, 15) is 15.3 Å². The fourth-order valence-corrected chi connectivity index (χ4v) is 3.01. The van der Waals surface area contributed by atoms with E-state index in [0.717, 1.165) is 0 Å². The van der Waals surface area contributed by atoms with Crippen molar-refractivity contribution < 1.29 is 24.5 Å². The number of aliphatic hydroxyl groups is 3. The molecule has 1 saturated heterocycles. The lowest BCUT2D eigenvalue weighted by atomic mass is 9.96. The largest absolute Gasteiger partial charge is 0.463 e. The highest BCUT2D eigenvalue weighted by Crippen LogP contribution is 2.39. The van der Waals surface area contributed by atoms with Gasteiger partial charge in [-0.2, -0.15) is 0 Å². The first-order chi connectivity index (χ1) is 11.5. The molecule has 0 amide bonds. The zero-order valence-electron chi connectivity index (χ0n) is 12.8. The van der Waals surface area contributed by atoms with Crippen LogP contribution in [-0.2, 0) is 4.74 Å². The van der Waals surface area contributed by atoms with Gasteiger partial charge in [0, 0.05) is 0 Å². The van der Waals surface area contributed by atoms with Crippen molar-refractivity contribution in [2.75, 3.05) is 6.61 Å². The van der Waals surface area contributed by atoms with Gasteiger partial charge in [0.2, 0.25) is 0 Å². The molecule has 1 aliphatic rings. The molecule has 3 aromatic heterocycles. The third-order valence-corrected chi connectivity index (χ3v) is 4.30. The first kappa shape index (κ1) is 15.2. The zero-order valence-corrected chi connectivity index (χ0v) is 12.8. The maximum atomic E-state index is 10.6. The summed E-state index contributed by atoms with van der Waals surface area (Å²) in [4.78, 5) is 12.7. The fraction of sp³-hybridized carbons (Fsp3) is 0.400. The van der Waals surface area contributed by atoms with Gasteiger partial charge in [0.1, 0.15) is 35.3 Å². The summed E-state index contributed by atoms with van der Waals surface area (Å²) in [5.74, 6) is 0.542. The highest BCUT2D eigenvalue weighted by atomic mass is 16.6. The van der Waals surface area contributed by atoms with Crippen molar-refractivity contribution in [2.24, 2.45) is 0 Å². The Bertz CT molecular complexity index is 860. The monoisotopic (exact) mass is 332 g/mol. The Kier molecular flexibility index (Phi) is 3.39. The quantitative estimate of drug-likeness (QED) is 0.616. The highest BCUT2D eigenvalue weighted by Gasteiger charge is 2.53. The predicted molar refractivity (Wildman–Crippen MR) is 80.7 cm³/mol. The van der Waals surface area contributed by atoms with Crippen molar-refractivity contribution >= 4 is 11.2 Å². The van der Waals surface area contributed by atoms with E-state index in [1.54, 1.807) is 12.1 Å².